The number of benzene rings is 1. The lowest BCUT2D eigenvalue weighted by Crippen LogP contribution is -2.42. The minimum absolute atomic E-state index is 0.0208. The second kappa shape index (κ2) is 8.43. The molecule has 0 spiro atoms. The Morgan fingerprint density at radius 3 is 2.42 bits per heavy atom. The molecule has 1 aromatic carbocycles. The zero-order chi connectivity index (χ0) is 17.5. The minimum Gasteiger partial charge on any atom is -0.489 e. The summed E-state index contributed by atoms with van der Waals surface area (Å²) in [6.45, 7) is 8.72. The van der Waals surface area contributed by atoms with Crippen LogP contribution >= 0.6 is 0 Å². The number of guanidine groups is 1. The third-order valence-corrected chi connectivity index (χ3v) is 3.68. The number of ether oxygens (including phenoxy) is 1. The molecule has 5 nitrogen and oxygen atoms in total. The van der Waals surface area contributed by atoms with E-state index in [0.717, 1.165) is 23.2 Å². The Morgan fingerprint density at radius 2 is 1.83 bits per heavy atom. The second-order valence-electron chi connectivity index (χ2n) is 6.01. The number of aryl methyl sites for hydroxylation is 2. The van der Waals surface area contributed by atoms with E-state index in [-0.39, 0.29) is 12.1 Å². The molecule has 1 heterocycles. The molecule has 1 aromatic heterocycles. The van der Waals surface area contributed by atoms with Gasteiger partial charge in [-0.25, -0.2) is 0 Å². The monoisotopic (exact) mass is 329 g/mol. The van der Waals surface area contributed by atoms with Crippen molar-refractivity contribution in [2.24, 2.45) is 4.99 Å². The molecule has 0 bridgehead atoms. The molecule has 130 valence electrons. The van der Waals surface area contributed by atoms with Crippen LogP contribution in [0.5, 0.6) is 5.75 Å². The number of furan rings is 1. The fourth-order valence-corrected chi connectivity index (χ4v) is 2.29. The van der Waals surface area contributed by atoms with Crippen LogP contribution in [0, 0.1) is 13.8 Å². The van der Waals surface area contributed by atoms with Crippen LogP contribution in [0.25, 0.3) is 0 Å². The molecule has 5 heteroatoms. The van der Waals surface area contributed by atoms with E-state index in [4.69, 9.17) is 9.15 Å². The molecule has 0 aliphatic heterocycles. The molecule has 0 aliphatic rings. The summed E-state index contributed by atoms with van der Waals surface area (Å²) in [6.07, 6.45) is 0.0208. The third kappa shape index (κ3) is 5.33. The summed E-state index contributed by atoms with van der Waals surface area (Å²) in [5, 5.41) is 6.59. The maximum Gasteiger partial charge on any atom is 0.191 e. The molecular weight excluding hydrogens is 302 g/mol. The van der Waals surface area contributed by atoms with E-state index in [9.17, 15) is 0 Å². The number of rotatable bonds is 6. The van der Waals surface area contributed by atoms with Crippen molar-refractivity contribution < 1.29 is 9.15 Å². The first kappa shape index (κ1) is 17.9. The van der Waals surface area contributed by atoms with Gasteiger partial charge in [0.2, 0.25) is 0 Å². The average molecular weight is 329 g/mol. The van der Waals surface area contributed by atoms with Gasteiger partial charge in [0.05, 0.1) is 12.6 Å². The van der Waals surface area contributed by atoms with Crippen molar-refractivity contribution >= 4 is 5.96 Å². The molecule has 0 saturated heterocycles. The Balaban J connectivity index is 1.81. The predicted octanol–water partition coefficient (Wildman–Crippen LogP) is 3.59. The van der Waals surface area contributed by atoms with E-state index >= 15 is 0 Å². The van der Waals surface area contributed by atoms with Crippen LogP contribution in [0.1, 0.15) is 37.0 Å². The Kier molecular flexibility index (Phi) is 6.29. The van der Waals surface area contributed by atoms with Gasteiger partial charge in [-0.05, 0) is 52.0 Å². The lowest BCUT2D eigenvalue weighted by atomic mass is 10.2. The molecule has 2 N–H and O–H groups in total. The van der Waals surface area contributed by atoms with Gasteiger partial charge in [-0.2, -0.15) is 0 Å². The summed E-state index contributed by atoms with van der Waals surface area (Å²) in [7, 11) is 1.75. The van der Waals surface area contributed by atoms with Gasteiger partial charge in [0.15, 0.2) is 5.96 Å². The summed E-state index contributed by atoms with van der Waals surface area (Å²) in [5.74, 6) is 3.38. The van der Waals surface area contributed by atoms with E-state index in [0.29, 0.717) is 6.54 Å². The van der Waals surface area contributed by atoms with E-state index in [1.54, 1.807) is 7.05 Å². The Labute approximate surface area is 144 Å². The average Bonchev–Trinajstić information content (AvgIpc) is 3.00. The lowest BCUT2D eigenvalue weighted by Gasteiger charge is -2.19. The molecule has 0 radical (unpaired) electrons. The molecule has 0 saturated carbocycles. The molecule has 0 fully saturated rings. The maximum absolute atomic E-state index is 5.89. The van der Waals surface area contributed by atoms with Crippen molar-refractivity contribution in [2.45, 2.75) is 39.8 Å². The van der Waals surface area contributed by atoms with Crippen LogP contribution in [0.2, 0.25) is 0 Å². The molecule has 2 atom stereocenters. The van der Waals surface area contributed by atoms with Crippen molar-refractivity contribution in [3.63, 3.8) is 0 Å². The zero-order valence-electron chi connectivity index (χ0n) is 15.1. The highest BCUT2D eigenvalue weighted by molar-refractivity contribution is 5.80. The highest BCUT2D eigenvalue weighted by Crippen LogP contribution is 2.15. The Bertz CT molecular complexity index is 662. The van der Waals surface area contributed by atoms with Crippen molar-refractivity contribution in [3.05, 3.63) is 53.5 Å². The van der Waals surface area contributed by atoms with Crippen molar-refractivity contribution in [1.29, 1.82) is 0 Å². The van der Waals surface area contributed by atoms with E-state index in [1.807, 2.05) is 57.2 Å². The van der Waals surface area contributed by atoms with Crippen LogP contribution in [-0.2, 0) is 0 Å². The first-order valence-electron chi connectivity index (χ1n) is 8.24. The summed E-state index contributed by atoms with van der Waals surface area (Å²) >= 11 is 0. The Morgan fingerprint density at radius 1 is 1.12 bits per heavy atom. The molecule has 2 rings (SSSR count). The molecule has 24 heavy (non-hydrogen) atoms. The summed E-state index contributed by atoms with van der Waals surface area (Å²) in [4.78, 5) is 4.25. The standard InChI is InChI=1S/C19H27N3O2/c1-13-6-9-17(10-7-13)23-15(3)12-21-19(20-5)22-16(4)18-11-8-14(2)24-18/h6-11,15-16H,12H2,1-5H3,(H2,20,21,22). The number of hydrogen-bond donors (Lipinski definition) is 2. The van der Waals surface area contributed by atoms with Gasteiger partial charge < -0.3 is 19.8 Å². The largest absolute Gasteiger partial charge is 0.489 e. The second-order valence-corrected chi connectivity index (χ2v) is 6.01. The number of nitrogens with zero attached hydrogens (tertiary/aromatic N) is 1. The molecule has 0 amide bonds. The van der Waals surface area contributed by atoms with Crippen LogP contribution in [0.4, 0.5) is 0 Å². The summed E-state index contributed by atoms with van der Waals surface area (Å²) in [6, 6.07) is 12.0. The minimum atomic E-state index is 0.0208. The summed E-state index contributed by atoms with van der Waals surface area (Å²) < 4.78 is 11.5. The van der Waals surface area contributed by atoms with Crippen LogP contribution in [0.3, 0.4) is 0 Å². The van der Waals surface area contributed by atoms with Gasteiger partial charge in [-0.15, -0.1) is 0 Å². The number of aliphatic imine (C=N–C) groups is 1. The molecule has 0 aliphatic carbocycles. The van der Waals surface area contributed by atoms with Crippen molar-refractivity contribution in [3.8, 4) is 5.75 Å². The van der Waals surface area contributed by atoms with Gasteiger partial charge in [0.1, 0.15) is 23.4 Å². The third-order valence-electron chi connectivity index (χ3n) is 3.68. The van der Waals surface area contributed by atoms with Gasteiger partial charge in [-0.1, -0.05) is 17.7 Å². The van der Waals surface area contributed by atoms with Crippen molar-refractivity contribution in [2.75, 3.05) is 13.6 Å². The topological polar surface area (TPSA) is 58.8 Å². The predicted molar refractivity (Wildman–Crippen MR) is 97.6 cm³/mol. The molecule has 2 aromatic rings. The highest BCUT2D eigenvalue weighted by atomic mass is 16.5. The van der Waals surface area contributed by atoms with Crippen LogP contribution in [0.15, 0.2) is 45.8 Å². The van der Waals surface area contributed by atoms with Crippen molar-refractivity contribution in [1.82, 2.24) is 10.6 Å². The quantitative estimate of drug-likeness (QED) is 0.628. The highest BCUT2D eigenvalue weighted by Gasteiger charge is 2.12. The maximum atomic E-state index is 5.89. The Hall–Kier alpha value is -2.43. The van der Waals surface area contributed by atoms with E-state index in [1.165, 1.54) is 5.56 Å². The van der Waals surface area contributed by atoms with Crippen LogP contribution < -0.4 is 15.4 Å². The smallest absolute Gasteiger partial charge is 0.191 e. The summed E-state index contributed by atoms with van der Waals surface area (Å²) in [5.41, 5.74) is 1.22. The van der Waals surface area contributed by atoms with E-state index < -0.39 is 0 Å². The lowest BCUT2D eigenvalue weighted by molar-refractivity contribution is 0.223. The first-order chi connectivity index (χ1) is 11.5. The van der Waals surface area contributed by atoms with Crippen LogP contribution in [-0.4, -0.2) is 25.7 Å². The fraction of sp³-hybridized carbons (Fsp3) is 0.421. The van der Waals surface area contributed by atoms with Gasteiger partial charge in [0, 0.05) is 7.05 Å². The van der Waals surface area contributed by atoms with Gasteiger partial charge in [0.25, 0.3) is 0 Å². The normalized spacial score (nSPS) is 14.1. The first-order valence-corrected chi connectivity index (χ1v) is 8.24. The van der Waals surface area contributed by atoms with Gasteiger partial charge >= 0.3 is 0 Å². The number of hydrogen-bond acceptors (Lipinski definition) is 3. The zero-order valence-corrected chi connectivity index (χ0v) is 15.1. The SMILES string of the molecule is CN=C(NCC(C)Oc1ccc(C)cc1)NC(C)c1ccc(C)o1. The molecular formula is C19H27N3O2. The number of nitrogens with one attached hydrogen (secondary N) is 2. The molecule has 2 unspecified atom stereocenters. The van der Waals surface area contributed by atoms with Gasteiger partial charge in [-0.3, -0.25) is 4.99 Å². The van der Waals surface area contributed by atoms with E-state index in [2.05, 4.69) is 22.5 Å². The fourth-order valence-electron chi connectivity index (χ4n) is 2.29.